The lowest BCUT2D eigenvalue weighted by Crippen LogP contribution is -2.34. The Balaban J connectivity index is 3.09. The number of alkyl halides is 1. The molecule has 18 heavy (non-hydrogen) atoms. The molecule has 1 aromatic heterocycles. The van der Waals surface area contributed by atoms with Crippen LogP contribution in [-0.2, 0) is 12.2 Å². The third-order valence-corrected chi connectivity index (χ3v) is 3.09. The van der Waals surface area contributed by atoms with Gasteiger partial charge in [0, 0.05) is 13.1 Å². The molecule has 1 rings (SSSR count). The first kappa shape index (κ1) is 14.9. The minimum absolute atomic E-state index is 0.0759. The summed E-state index contributed by atoms with van der Waals surface area (Å²) in [6, 6.07) is 0. The third-order valence-electron chi connectivity index (χ3n) is 3.09. The second kappa shape index (κ2) is 6.15. The van der Waals surface area contributed by atoms with E-state index in [0.29, 0.717) is 24.4 Å². The molecule has 0 saturated carbocycles. The van der Waals surface area contributed by atoms with E-state index in [1.165, 1.54) is 7.11 Å². The first-order valence-corrected chi connectivity index (χ1v) is 6.12. The fourth-order valence-electron chi connectivity index (χ4n) is 1.84. The number of methoxy groups -OCH3 is 1. The van der Waals surface area contributed by atoms with Gasteiger partial charge in [0.2, 0.25) is 0 Å². The number of nitrogens with zero attached hydrogens (tertiary/aromatic N) is 3. The van der Waals surface area contributed by atoms with Crippen molar-refractivity contribution < 1.29 is 9.13 Å². The van der Waals surface area contributed by atoms with E-state index < -0.39 is 5.67 Å². The minimum atomic E-state index is -1.59. The van der Waals surface area contributed by atoms with E-state index in [0.717, 1.165) is 6.54 Å². The van der Waals surface area contributed by atoms with E-state index >= 15 is 0 Å². The predicted octanol–water partition coefficient (Wildman–Crippen LogP) is 0.987. The molecule has 1 heterocycles. The number of aromatic nitrogens is 2. The standard InChI is InChI=1S/C12H23FN4O/c1-5-12(13,9-14)11-10(18-4)8-15-17(11)7-6-16(2)3/h8H,5-7,9,14H2,1-4H3. The summed E-state index contributed by atoms with van der Waals surface area (Å²) in [6.07, 6.45) is 1.85. The molecular formula is C12H23FN4O. The fourth-order valence-corrected chi connectivity index (χ4v) is 1.84. The Hall–Kier alpha value is -1.14. The highest BCUT2D eigenvalue weighted by Gasteiger charge is 2.35. The molecule has 1 aromatic rings. The second-order valence-electron chi connectivity index (χ2n) is 4.61. The Kier molecular flexibility index (Phi) is 5.10. The topological polar surface area (TPSA) is 56.3 Å². The molecule has 0 aliphatic heterocycles. The van der Waals surface area contributed by atoms with Gasteiger partial charge in [-0.3, -0.25) is 4.68 Å². The van der Waals surface area contributed by atoms with E-state index in [1.807, 2.05) is 19.0 Å². The van der Waals surface area contributed by atoms with Crippen molar-refractivity contribution in [3.8, 4) is 5.75 Å². The highest BCUT2D eigenvalue weighted by atomic mass is 19.1. The number of likely N-dealkylation sites (N-methyl/N-ethyl adjacent to an activating group) is 1. The van der Waals surface area contributed by atoms with Crippen molar-refractivity contribution in [3.63, 3.8) is 0 Å². The summed E-state index contributed by atoms with van der Waals surface area (Å²) in [7, 11) is 5.45. The zero-order valence-electron chi connectivity index (χ0n) is 11.6. The summed E-state index contributed by atoms with van der Waals surface area (Å²) in [5, 5.41) is 4.19. The molecule has 0 bridgehead atoms. The molecule has 0 radical (unpaired) electrons. The van der Waals surface area contributed by atoms with Crippen molar-refractivity contribution in [1.82, 2.24) is 14.7 Å². The zero-order valence-corrected chi connectivity index (χ0v) is 11.6. The number of hydrogen-bond donors (Lipinski definition) is 1. The highest BCUT2D eigenvalue weighted by molar-refractivity contribution is 5.31. The van der Waals surface area contributed by atoms with Gasteiger partial charge in [0.25, 0.3) is 0 Å². The summed E-state index contributed by atoms with van der Waals surface area (Å²) in [4.78, 5) is 2.02. The van der Waals surface area contributed by atoms with Gasteiger partial charge in [0.15, 0.2) is 11.4 Å². The number of nitrogens with two attached hydrogens (primary N) is 1. The normalized spacial score (nSPS) is 14.8. The summed E-state index contributed by atoms with van der Waals surface area (Å²) in [5.74, 6) is 0.462. The maximum Gasteiger partial charge on any atom is 0.167 e. The lowest BCUT2D eigenvalue weighted by molar-refractivity contribution is 0.147. The first-order valence-electron chi connectivity index (χ1n) is 6.12. The molecule has 1 atom stereocenters. The van der Waals surface area contributed by atoms with E-state index in [1.54, 1.807) is 17.8 Å². The average Bonchev–Trinajstić information content (AvgIpc) is 2.79. The Morgan fingerprint density at radius 1 is 1.56 bits per heavy atom. The van der Waals surface area contributed by atoms with Crippen LogP contribution in [0.5, 0.6) is 5.75 Å². The van der Waals surface area contributed by atoms with Crippen molar-refractivity contribution in [2.24, 2.45) is 5.73 Å². The van der Waals surface area contributed by atoms with Gasteiger partial charge in [-0.25, -0.2) is 4.39 Å². The van der Waals surface area contributed by atoms with Gasteiger partial charge in [0.1, 0.15) is 5.69 Å². The van der Waals surface area contributed by atoms with Crippen LogP contribution in [0.25, 0.3) is 0 Å². The van der Waals surface area contributed by atoms with Crippen LogP contribution in [-0.4, -0.2) is 49.0 Å². The smallest absolute Gasteiger partial charge is 0.167 e. The van der Waals surface area contributed by atoms with Gasteiger partial charge in [0.05, 0.1) is 19.9 Å². The number of ether oxygens (including phenoxy) is 1. The molecule has 0 aromatic carbocycles. The third kappa shape index (κ3) is 3.00. The molecule has 1 unspecified atom stereocenters. The van der Waals surface area contributed by atoms with Crippen LogP contribution in [0.1, 0.15) is 19.0 Å². The van der Waals surface area contributed by atoms with Crippen LogP contribution in [0, 0.1) is 0 Å². The largest absolute Gasteiger partial charge is 0.493 e. The number of rotatable bonds is 7. The van der Waals surface area contributed by atoms with E-state index in [-0.39, 0.29) is 6.54 Å². The summed E-state index contributed by atoms with van der Waals surface area (Å²) >= 11 is 0. The molecule has 0 aliphatic carbocycles. The van der Waals surface area contributed by atoms with Crippen molar-refractivity contribution in [1.29, 1.82) is 0 Å². The lowest BCUT2D eigenvalue weighted by atomic mass is 9.98. The number of hydrogen-bond acceptors (Lipinski definition) is 4. The fraction of sp³-hybridized carbons (Fsp3) is 0.750. The Bertz CT molecular complexity index is 374. The van der Waals surface area contributed by atoms with Gasteiger partial charge < -0.3 is 15.4 Å². The van der Waals surface area contributed by atoms with Crippen LogP contribution in [0.15, 0.2) is 6.20 Å². The average molecular weight is 258 g/mol. The Labute approximate surface area is 108 Å². The zero-order chi connectivity index (χ0) is 13.8. The molecule has 6 heteroatoms. The summed E-state index contributed by atoms with van der Waals surface area (Å²) in [6.45, 7) is 3.09. The molecule has 0 amide bonds. The maximum atomic E-state index is 14.8. The van der Waals surface area contributed by atoms with Crippen molar-refractivity contribution in [2.75, 3.05) is 34.3 Å². The molecule has 0 fully saturated rings. The second-order valence-corrected chi connectivity index (χ2v) is 4.61. The van der Waals surface area contributed by atoms with Crippen LogP contribution < -0.4 is 10.5 Å². The molecule has 0 spiro atoms. The summed E-state index contributed by atoms with van der Waals surface area (Å²) < 4.78 is 21.6. The minimum Gasteiger partial charge on any atom is -0.493 e. The monoisotopic (exact) mass is 258 g/mol. The Morgan fingerprint density at radius 3 is 2.67 bits per heavy atom. The van der Waals surface area contributed by atoms with E-state index in [2.05, 4.69) is 5.10 Å². The van der Waals surface area contributed by atoms with Crippen LogP contribution in [0.3, 0.4) is 0 Å². The van der Waals surface area contributed by atoms with E-state index in [4.69, 9.17) is 10.5 Å². The quantitative estimate of drug-likeness (QED) is 0.792. The maximum absolute atomic E-state index is 14.8. The molecular weight excluding hydrogens is 235 g/mol. The van der Waals surface area contributed by atoms with Crippen molar-refractivity contribution in [3.05, 3.63) is 11.9 Å². The van der Waals surface area contributed by atoms with Crippen molar-refractivity contribution in [2.45, 2.75) is 25.6 Å². The summed E-state index contributed by atoms with van der Waals surface area (Å²) in [5.41, 5.74) is 4.43. The van der Waals surface area contributed by atoms with Crippen molar-refractivity contribution >= 4 is 0 Å². The Morgan fingerprint density at radius 2 is 2.22 bits per heavy atom. The first-order chi connectivity index (χ1) is 8.48. The molecule has 2 N–H and O–H groups in total. The van der Waals surface area contributed by atoms with Gasteiger partial charge >= 0.3 is 0 Å². The van der Waals surface area contributed by atoms with Crippen LogP contribution in [0.4, 0.5) is 4.39 Å². The van der Waals surface area contributed by atoms with Gasteiger partial charge in [-0.1, -0.05) is 6.92 Å². The van der Waals surface area contributed by atoms with E-state index in [9.17, 15) is 4.39 Å². The highest BCUT2D eigenvalue weighted by Crippen LogP contribution is 2.35. The number of halogens is 1. The van der Waals surface area contributed by atoms with Gasteiger partial charge in [-0.15, -0.1) is 0 Å². The van der Waals surface area contributed by atoms with Gasteiger partial charge in [-0.05, 0) is 20.5 Å². The SMILES string of the molecule is CCC(F)(CN)c1c(OC)cnn1CCN(C)C. The predicted molar refractivity (Wildman–Crippen MR) is 69.5 cm³/mol. The van der Waals surface area contributed by atoms with Crippen LogP contribution in [0.2, 0.25) is 0 Å². The van der Waals surface area contributed by atoms with Gasteiger partial charge in [-0.2, -0.15) is 5.10 Å². The molecule has 104 valence electrons. The molecule has 0 saturated heterocycles. The molecule has 5 nitrogen and oxygen atoms in total. The molecule has 0 aliphatic rings. The van der Waals surface area contributed by atoms with Crippen LogP contribution >= 0.6 is 0 Å². The lowest BCUT2D eigenvalue weighted by Gasteiger charge is -2.24.